The van der Waals surface area contributed by atoms with Crippen molar-refractivity contribution < 1.29 is 37.9 Å². The Morgan fingerprint density at radius 3 is 1.33 bits per heavy atom. The maximum atomic E-state index is 12.4. The lowest BCUT2D eigenvalue weighted by molar-refractivity contribution is -0.161. The van der Waals surface area contributed by atoms with Crippen LogP contribution in [0.3, 0.4) is 0 Å². The summed E-state index contributed by atoms with van der Waals surface area (Å²) in [5.74, 6) is -0.891. The van der Waals surface area contributed by atoms with E-state index >= 15 is 0 Å². The van der Waals surface area contributed by atoms with Crippen molar-refractivity contribution in [2.45, 2.75) is 225 Å². The van der Waals surface area contributed by atoms with Gasteiger partial charge in [0.2, 0.25) is 0 Å². The minimum atomic E-state index is -4.75. The Kier molecular flexibility index (Phi) is 38.1. The molecule has 0 aromatic heterocycles. The molecule has 0 radical (unpaired) electrons. The zero-order valence-corrected chi connectivity index (χ0v) is 34.6. The van der Waals surface area contributed by atoms with Crippen LogP contribution in [0, 0.1) is 0 Å². The van der Waals surface area contributed by atoms with Crippen molar-refractivity contribution in [3.8, 4) is 0 Å². The van der Waals surface area contributed by atoms with E-state index < -0.39 is 32.5 Å². The Hall–Kier alpha value is -1.47. The van der Waals surface area contributed by atoms with E-state index in [2.05, 4.69) is 42.7 Å². The molecule has 9 heteroatoms. The van der Waals surface area contributed by atoms with Crippen LogP contribution in [-0.2, 0) is 28.2 Å². The van der Waals surface area contributed by atoms with E-state index in [0.29, 0.717) is 6.42 Å². The molecular formula is C43H81O8P. The second kappa shape index (κ2) is 39.2. The van der Waals surface area contributed by atoms with Gasteiger partial charge in [0.1, 0.15) is 6.61 Å². The lowest BCUT2D eigenvalue weighted by Gasteiger charge is -2.18. The highest BCUT2D eigenvalue weighted by Crippen LogP contribution is 2.36. The fourth-order valence-electron chi connectivity index (χ4n) is 6.21. The van der Waals surface area contributed by atoms with Gasteiger partial charge < -0.3 is 19.3 Å². The molecule has 0 aromatic carbocycles. The maximum Gasteiger partial charge on any atom is 0.469 e. The van der Waals surface area contributed by atoms with Gasteiger partial charge in [0.25, 0.3) is 0 Å². The van der Waals surface area contributed by atoms with E-state index in [9.17, 15) is 14.2 Å². The minimum absolute atomic E-state index is 0.198. The molecule has 0 unspecified atom stereocenters. The summed E-state index contributed by atoms with van der Waals surface area (Å²) in [5, 5.41) is 0. The highest BCUT2D eigenvalue weighted by molar-refractivity contribution is 7.46. The first-order chi connectivity index (χ1) is 25.3. The summed E-state index contributed by atoms with van der Waals surface area (Å²) in [7, 11) is -4.75. The van der Waals surface area contributed by atoms with Crippen LogP contribution in [-0.4, -0.2) is 41.0 Å². The van der Waals surface area contributed by atoms with E-state index in [1.807, 2.05) is 0 Å². The number of carbonyl (C=O) groups excluding carboxylic acids is 2. The van der Waals surface area contributed by atoms with Gasteiger partial charge in [-0.05, 0) is 38.5 Å². The number of unbranched alkanes of at least 4 members (excludes halogenated alkanes) is 26. The zero-order valence-electron chi connectivity index (χ0n) is 33.7. The van der Waals surface area contributed by atoms with Crippen LogP contribution in [0.4, 0.5) is 0 Å². The topological polar surface area (TPSA) is 119 Å². The molecule has 0 spiro atoms. The number of hydrogen-bond acceptors (Lipinski definition) is 6. The molecular weight excluding hydrogens is 675 g/mol. The maximum absolute atomic E-state index is 12.4. The minimum Gasteiger partial charge on any atom is -0.462 e. The van der Waals surface area contributed by atoms with Gasteiger partial charge in [0.05, 0.1) is 6.61 Å². The van der Waals surface area contributed by atoms with E-state index in [-0.39, 0.29) is 19.4 Å². The second-order valence-electron chi connectivity index (χ2n) is 14.7. The van der Waals surface area contributed by atoms with Crippen LogP contribution in [0.25, 0.3) is 0 Å². The predicted molar refractivity (Wildman–Crippen MR) is 216 cm³/mol. The lowest BCUT2D eigenvalue weighted by atomic mass is 10.0. The molecule has 1 atom stereocenters. The van der Waals surface area contributed by atoms with Crippen LogP contribution >= 0.6 is 7.82 Å². The third-order valence-corrected chi connectivity index (χ3v) is 9.96. The van der Waals surface area contributed by atoms with Crippen molar-refractivity contribution in [2.24, 2.45) is 0 Å². The average molecular weight is 757 g/mol. The molecule has 8 nitrogen and oxygen atoms in total. The number of esters is 2. The van der Waals surface area contributed by atoms with Crippen LogP contribution in [0.2, 0.25) is 0 Å². The van der Waals surface area contributed by atoms with Crippen molar-refractivity contribution in [3.05, 3.63) is 24.3 Å². The van der Waals surface area contributed by atoms with Crippen molar-refractivity contribution >= 4 is 19.8 Å². The van der Waals surface area contributed by atoms with Crippen LogP contribution in [0.1, 0.15) is 219 Å². The molecule has 0 fully saturated rings. The van der Waals surface area contributed by atoms with Crippen LogP contribution in [0.5, 0.6) is 0 Å². The largest absolute Gasteiger partial charge is 0.469 e. The molecule has 0 saturated carbocycles. The van der Waals surface area contributed by atoms with Gasteiger partial charge in [-0.1, -0.05) is 192 Å². The Labute approximate surface area is 319 Å². The Morgan fingerprint density at radius 1 is 0.500 bits per heavy atom. The van der Waals surface area contributed by atoms with Gasteiger partial charge >= 0.3 is 19.8 Å². The number of hydrogen-bond donors (Lipinski definition) is 2. The van der Waals surface area contributed by atoms with Gasteiger partial charge in [0.15, 0.2) is 6.10 Å². The molecule has 0 bridgehead atoms. The summed E-state index contributed by atoms with van der Waals surface area (Å²) in [6.07, 6.45) is 44.7. The summed E-state index contributed by atoms with van der Waals surface area (Å²) in [6, 6.07) is 0. The van der Waals surface area contributed by atoms with Crippen molar-refractivity contribution in [3.63, 3.8) is 0 Å². The third kappa shape index (κ3) is 41.3. The Morgan fingerprint density at radius 2 is 0.885 bits per heavy atom. The molecule has 0 heterocycles. The van der Waals surface area contributed by atoms with Gasteiger partial charge in [-0.2, -0.15) is 0 Å². The summed E-state index contributed by atoms with van der Waals surface area (Å²) < 4.78 is 26.4. The molecule has 0 aliphatic heterocycles. The van der Waals surface area contributed by atoms with E-state index in [0.717, 1.165) is 64.2 Å². The number of carbonyl (C=O) groups is 2. The molecule has 306 valence electrons. The first kappa shape index (κ1) is 50.5. The summed E-state index contributed by atoms with van der Waals surface area (Å²) in [5.41, 5.74) is 0. The first-order valence-electron chi connectivity index (χ1n) is 21.6. The molecule has 0 aromatic rings. The number of rotatable bonds is 40. The zero-order chi connectivity index (χ0) is 38.2. The standard InChI is InChI=1S/C43H81O8P/c1-3-5-7-9-11-13-15-17-19-20-21-22-23-24-26-27-29-31-33-35-37-42(44)49-39-41(40-50-52(46,47)48)51-43(45)38-36-34-32-30-28-25-18-16-14-12-10-8-6-4-2/h10,12,16,18,41H,3-9,11,13-15,17,19-40H2,1-2H3,(H2,46,47,48)/b12-10+,18-16+/t41-/m1/s1. The average Bonchev–Trinajstić information content (AvgIpc) is 3.11. The van der Waals surface area contributed by atoms with E-state index in [4.69, 9.17) is 19.3 Å². The van der Waals surface area contributed by atoms with Crippen molar-refractivity contribution in [1.29, 1.82) is 0 Å². The van der Waals surface area contributed by atoms with Crippen LogP contribution < -0.4 is 0 Å². The number of phosphoric acid groups is 1. The molecule has 0 saturated heterocycles. The van der Waals surface area contributed by atoms with Gasteiger partial charge in [-0.3, -0.25) is 14.1 Å². The van der Waals surface area contributed by atoms with Gasteiger partial charge in [0, 0.05) is 12.8 Å². The number of allylic oxidation sites excluding steroid dienone is 4. The molecule has 0 rings (SSSR count). The Balaban J connectivity index is 3.85. The first-order valence-corrected chi connectivity index (χ1v) is 23.2. The normalized spacial score (nSPS) is 12.6. The van der Waals surface area contributed by atoms with E-state index in [1.54, 1.807) is 0 Å². The fraction of sp³-hybridized carbons (Fsp3) is 0.860. The predicted octanol–water partition coefficient (Wildman–Crippen LogP) is 13.2. The third-order valence-electron chi connectivity index (χ3n) is 9.47. The van der Waals surface area contributed by atoms with Crippen LogP contribution in [0.15, 0.2) is 24.3 Å². The molecule has 0 amide bonds. The molecule has 0 aliphatic carbocycles. The number of ether oxygens (including phenoxy) is 2. The highest BCUT2D eigenvalue weighted by atomic mass is 31.2. The highest BCUT2D eigenvalue weighted by Gasteiger charge is 2.22. The lowest BCUT2D eigenvalue weighted by Crippen LogP contribution is -2.29. The molecule has 0 aliphatic rings. The SMILES string of the molecule is CCCC/C=C/C/C=C/CCCCCCCC(=O)O[C@H](COC(=O)CCCCCCCCCCCCCCCCCCCCCC)COP(=O)(O)O. The Bertz CT molecular complexity index is 900. The summed E-state index contributed by atoms with van der Waals surface area (Å²) >= 11 is 0. The monoisotopic (exact) mass is 757 g/mol. The summed E-state index contributed by atoms with van der Waals surface area (Å²) in [6.45, 7) is 3.65. The molecule has 2 N–H and O–H groups in total. The number of phosphoric ester groups is 1. The molecule has 52 heavy (non-hydrogen) atoms. The quantitative estimate of drug-likeness (QED) is 0.0274. The second-order valence-corrected chi connectivity index (χ2v) is 15.9. The van der Waals surface area contributed by atoms with Gasteiger partial charge in [-0.25, -0.2) is 4.57 Å². The van der Waals surface area contributed by atoms with Crippen molar-refractivity contribution in [2.75, 3.05) is 13.2 Å². The fourth-order valence-corrected chi connectivity index (χ4v) is 6.57. The van der Waals surface area contributed by atoms with E-state index in [1.165, 1.54) is 122 Å². The van der Waals surface area contributed by atoms with Gasteiger partial charge in [-0.15, -0.1) is 0 Å². The van der Waals surface area contributed by atoms with Crippen molar-refractivity contribution in [1.82, 2.24) is 0 Å². The summed E-state index contributed by atoms with van der Waals surface area (Å²) in [4.78, 5) is 42.8. The smallest absolute Gasteiger partial charge is 0.462 e.